The van der Waals surface area contributed by atoms with Crippen LogP contribution >= 0.6 is 0 Å². The lowest BCUT2D eigenvalue weighted by Gasteiger charge is -2.32. The molecule has 1 aliphatic rings. The van der Waals surface area contributed by atoms with Gasteiger partial charge in [0, 0.05) is 25.6 Å². The normalized spacial score (nSPS) is 14.8. The molecule has 7 heteroatoms. The summed E-state index contributed by atoms with van der Waals surface area (Å²) in [5.41, 5.74) is 1.11. The molecule has 0 saturated carbocycles. The molecule has 1 aromatic heterocycles. The number of hydrogen-bond donors (Lipinski definition) is 2. The van der Waals surface area contributed by atoms with Crippen LogP contribution in [0.1, 0.15) is 35.3 Å². The van der Waals surface area contributed by atoms with Crippen molar-refractivity contribution in [3.05, 3.63) is 54.0 Å². The first kappa shape index (κ1) is 17.8. The molecule has 0 spiro atoms. The zero-order chi connectivity index (χ0) is 18.4. The molecule has 2 heterocycles. The highest BCUT2D eigenvalue weighted by Gasteiger charge is 2.22. The fraction of sp³-hybridized carbons (Fsp3) is 0.368. The van der Waals surface area contributed by atoms with Gasteiger partial charge in [0.1, 0.15) is 5.82 Å². The second kappa shape index (κ2) is 8.42. The summed E-state index contributed by atoms with van der Waals surface area (Å²) in [6, 6.07) is 10.2. The van der Waals surface area contributed by atoms with Gasteiger partial charge in [0.2, 0.25) is 5.91 Å². The maximum absolute atomic E-state index is 12.4. The van der Waals surface area contributed by atoms with Gasteiger partial charge in [-0.15, -0.1) is 0 Å². The predicted octanol–water partition coefficient (Wildman–Crippen LogP) is 2.21. The molecule has 3 rings (SSSR count). The Bertz CT molecular complexity index is 741. The van der Waals surface area contributed by atoms with E-state index in [1.165, 1.54) is 18.0 Å². The first-order chi connectivity index (χ1) is 12.6. The molecule has 1 saturated heterocycles. The minimum atomic E-state index is -1.09. The Labute approximate surface area is 152 Å². The van der Waals surface area contributed by atoms with Crippen LogP contribution in [-0.2, 0) is 11.2 Å². The van der Waals surface area contributed by atoms with Gasteiger partial charge >= 0.3 is 5.97 Å². The van der Waals surface area contributed by atoms with E-state index in [1.54, 1.807) is 0 Å². The third-order valence-corrected chi connectivity index (χ3v) is 4.54. The summed E-state index contributed by atoms with van der Waals surface area (Å²) >= 11 is 0. The van der Waals surface area contributed by atoms with Gasteiger partial charge in [0.15, 0.2) is 5.69 Å². The van der Waals surface area contributed by atoms with Crippen molar-refractivity contribution in [2.75, 3.05) is 18.4 Å². The van der Waals surface area contributed by atoms with E-state index in [0.29, 0.717) is 25.3 Å². The van der Waals surface area contributed by atoms with Gasteiger partial charge in [-0.2, -0.15) is 0 Å². The van der Waals surface area contributed by atoms with Gasteiger partial charge < -0.3 is 15.3 Å². The van der Waals surface area contributed by atoms with Gasteiger partial charge in [-0.1, -0.05) is 30.3 Å². The minimum absolute atomic E-state index is 0.0746. The number of benzene rings is 1. The van der Waals surface area contributed by atoms with E-state index < -0.39 is 5.97 Å². The standard InChI is InChI=1S/C19H22N4O3/c24-18(7-6-14-4-2-1-3-5-14)23-10-8-15(9-11-23)22-17-13-20-16(12-21-17)19(25)26/h1-5,12-13,15H,6-11H2,(H,21,22)(H,25,26). The second-order valence-electron chi connectivity index (χ2n) is 6.38. The molecule has 2 aromatic rings. The van der Waals surface area contributed by atoms with E-state index >= 15 is 0 Å². The highest BCUT2D eigenvalue weighted by atomic mass is 16.4. The molecule has 2 N–H and O–H groups in total. The lowest BCUT2D eigenvalue weighted by atomic mass is 10.0. The van der Waals surface area contributed by atoms with Crippen LogP contribution in [0.3, 0.4) is 0 Å². The number of carboxylic acid groups (broad SMARTS) is 1. The van der Waals surface area contributed by atoms with Gasteiger partial charge in [-0.3, -0.25) is 4.79 Å². The Balaban J connectivity index is 1.43. The van der Waals surface area contributed by atoms with E-state index in [9.17, 15) is 9.59 Å². The number of carbonyl (C=O) groups excluding carboxylic acids is 1. The Morgan fingerprint density at radius 3 is 2.46 bits per heavy atom. The third-order valence-electron chi connectivity index (χ3n) is 4.54. The van der Waals surface area contributed by atoms with E-state index in [2.05, 4.69) is 15.3 Å². The lowest BCUT2D eigenvalue weighted by molar-refractivity contribution is -0.132. The van der Waals surface area contributed by atoms with E-state index in [1.807, 2.05) is 35.2 Å². The molecule has 136 valence electrons. The van der Waals surface area contributed by atoms with Gasteiger partial charge in [0.05, 0.1) is 12.4 Å². The fourth-order valence-electron chi connectivity index (χ4n) is 3.05. The van der Waals surface area contributed by atoms with Crippen LogP contribution in [0, 0.1) is 0 Å². The summed E-state index contributed by atoms with van der Waals surface area (Å²) in [5.74, 6) is -0.340. The van der Waals surface area contributed by atoms with Crippen molar-refractivity contribution in [3.63, 3.8) is 0 Å². The van der Waals surface area contributed by atoms with Crippen LogP contribution in [0.25, 0.3) is 0 Å². The summed E-state index contributed by atoms with van der Waals surface area (Å²) in [4.78, 5) is 33.0. The van der Waals surface area contributed by atoms with Crippen molar-refractivity contribution < 1.29 is 14.7 Å². The monoisotopic (exact) mass is 354 g/mol. The maximum atomic E-state index is 12.4. The molecule has 7 nitrogen and oxygen atoms in total. The number of aromatic carboxylic acids is 1. The predicted molar refractivity (Wildman–Crippen MR) is 97.0 cm³/mol. The zero-order valence-corrected chi connectivity index (χ0v) is 14.5. The number of anilines is 1. The number of nitrogens with zero attached hydrogens (tertiary/aromatic N) is 3. The first-order valence-electron chi connectivity index (χ1n) is 8.75. The summed E-state index contributed by atoms with van der Waals surface area (Å²) in [6.07, 6.45) is 5.64. The molecule has 26 heavy (non-hydrogen) atoms. The van der Waals surface area contributed by atoms with Crippen LogP contribution in [0.15, 0.2) is 42.7 Å². The number of carboxylic acids is 1. The highest BCUT2D eigenvalue weighted by Crippen LogP contribution is 2.16. The molecule has 1 aliphatic heterocycles. The first-order valence-corrected chi connectivity index (χ1v) is 8.75. The topological polar surface area (TPSA) is 95.4 Å². The quantitative estimate of drug-likeness (QED) is 0.826. The van der Waals surface area contributed by atoms with Crippen LogP contribution in [0.2, 0.25) is 0 Å². The van der Waals surface area contributed by atoms with Crippen molar-refractivity contribution in [2.45, 2.75) is 31.7 Å². The Hall–Kier alpha value is -2.96. The summed E-state index contributed by atoms with van der Waals surface area (Å²) in [7, 11) is 0. The lowest BCUT2D eigenvalue weighted by Crippen LogP contribution is -2.42. The fourth-order valence-corrected chi connectivity index (χ4v) is 3.05. The number of aryl methyl sites for hydroxylation is 1. The SMILES string of the molecule is O=C(O)c1cnc(NC2CCN(C(=O)CCc3ccccc3)CC2)cn1. The number of likely N-dealkylation sites (tertiary alicyclic amines) is 1. The van der Waals surface area contributed by atoms with Gasteiger partial charge in [-0.05, 0) is 24.8 Å². The molecule has 1 aromatic carbocycles. The van der Waals surface area contributed by atoms with Crippen molar-refractivity contribution in [2.24, 2.45) is 0 Å². The summed E-state index contributed by atoms with van der Waals surface area (Å²) in [6.45, 7) is 1.43. The summed E-state index contributed by atoms with van der Waals surface area (Å²) < 4.78 is 0. The maximum Gasteiger partial charge on any atom is 0.356 e. The van der Waals surface area contributed by atoms with E-state index in [0.717, 1.165) is 19.3 Å². The molecule has 1 fully saturated rings. The molecular formula is C19H22N4O3. The number of rotatable bonds is 6. The smallest absolute Gasteiger partial charge is 0.356 e. The summed E-state index contributed by atoms with van der Waals surface area (Å²) in [5, 5.41) is 12.1. The van der Waals surface area contributed by atoms with Crippen LogP contribution in [-0.4, -0.2) is 51.0 Å². The molecular weight excluding hydrogens is 332 g/mol. The number of piperidine rings is 1. The van der Waals surface area contributed by atoms with Crippen molar-refractivity contribution >= 4 is 17.7 Å². The van der Waals surface area contributed by atoms with Crippen LogP contribution < -0.4 is 5.32 Å². The van der Waals surface area contributed by atoms with Crippen LogP contribution in [0.4, 0.5) is 5.82 Å². The van der Waals surface area contributed by atoms with Crippen molar-refractivity contribution in [1.29, 1.82) is 0 Å². The molecule has 0 unspecified atom stereocenters. The zero-order valence-electron chi connectivity index (χ0n) is 14.5. The Morgan fingerprint density at radius 2 is 1.85 bits per heavy atom. The number of aromatic nitrogens is 2. The molecule has 0 radical (unpaired) electrons. The van der Waals surface area contributed by atoms with Gasteiger partial charge in [-0.25, -0.2) is 14.8 Å². The Morgan fingerprint density at radius 1 is 1.12 bits per heavy atom. The minimum Gasteiger partial charge on any atom is -0.476 e. The average Bonchev–Trinajstić information content (AvgIpc) is 2.68. The molecule has 1 amide bonds. The second-order valence-corrected chi connectivity index (χ2v) is 6.38. The third kappa shape index (κ3) is 4.78. The van der Waals surface area contributed by atoms with Gasteiger partial charge in [0.25, 0.3) is 0 Å². The number of amides is 1. The number of hydrogen-bond acceptors (Lipinski definition) is 5. The Kier molecular flexibility index (Phi) is 5.78. The highest BCUT2D eigenvalue weighted by molar-refractivity contribution is 5.84. The van der Waals surface area contributed by atoms with Crippen molar-refractivity contribution in [1.82, 2.24) is 14.9 Å². The molecule has 0 aliphatic carbocycles. The molecule has 0 bridgehead atoms. The molecule has 0 atom stereocenters. The van der Waals surface area contributed by atoms with E-state index in [4.69, 9.17) is 5.11 Å². The largest absolute Gasteiger partial charge is 0.476 e. The van der Waals surface area contributed by atoms with Crippen LogP contribution in [0.5, 0.6) is 0 Å². The van der Waals surface area contributed by atoms with E-state index in [-0.39, 0.29) is 17.6 Å². The number of nitrogens with one attached hydrogen (secondary N) is 1. The van der Waals surface area contributed by atoms with Crippen molar-refractivity contribution in [3.8, 4) is 0 Å². The average molecular weight is 354 g/mol. The number of carbonyl (C=O) groups is 2.